The molecule has 2 fully saturated rings. The van der Waals surface area contributed by atoms with Crippen LogP contribution in [0.2, 0.25) is 0 Å². The molecule has 0 bridgehead atoms. The van der Waals surface area contributed by atoms with E-state index < -0.39 is 15.2 Å². The van der Waals surface area contributed by atoms with E-state index in [1.807, 2.05) is 22.8 Å². The Morgan fingerprint density at radius 2 is 0.374 bits per heavy atom. The van der Waals surface area contributed by atoms with Crippen LogP contribution in [0.1, 0.15) is 684 Å². The number of rotatable bonds is 110. The number of unbranched alkanes of at least 4 members (excludes halogenated alkanes) is 84. The summed E-state index contributed by atoms with van der Waals surface area (Å²) in [5.74, 6) is 3.92. The van der Waals surface area contributed by atoms with E-state index in [2.05, 4.69) is 41.5 Å². The highest BCUT2D eigenvalue weighted by Crippen LogP contribution is 2.58. The Morgan fingerprint density at radius 3 is 0.565 bits per heavy atom. The average molecular weight is 1920 g/mol. The Bertz CT molecular complexity index is 2070. The second kappa shape index (κ2) is 105. The molecule has 131 heavy (non-hydrogen) atoms. The fourth-order valence-corrected chi connectivity index (χ4v) is 27.4. The van der Waals surface area contributed by atoms with Crippen LogP contribution in [0.4, 0.5) is 0 Å². The van der Waals surface area contributed by atoms with Crippen LogP contribution < -0.4 is 0 Å². The molecule has 12 heteroatoms. The van der Waals surface area contributed by atoms with Crippen LogP contribution in [0.15, 0.2) is 0 Å². The lowest BCUT2D eigenvalue weighted by atomic mass is 9.60. The third-order valence-corrected chi connectivity index (χ3v) is 36.9. The second-order valence-corrected chi connectivity index (χ2v) is 49.6. The van der Waals surface area contributed by atoms with Gasteiger partial charge in [0.05, 0.1) is 38.6 Å². The van der Waals surface area contributed by atoms with Crippen LogP contribution in [0.5, 0.6) is 0 Å². The predicted molar refractivity (Wildman–Crippen MR) is 587 cm³/mol. The van der Waals surface area contributed by atoms with Gasteiger partial charge in [-0.05, 0) is 120 Å². The first-order valence-corrected chi connectivity index (χ1v) is 66.0. The van der Waals surface area contributed by atoms with Crippen molar-refractivity contribution in [1.82, 2.24) is 0 Å². The number of carbonyl (C=O) groups is 2. The highest BCUT2D eigenvalue weighted by molar-refractivity contribution is 8.53. The Hall–Kier alpha value is 0.340. The van der Waals surface area contributed by atoms with E-state index in [-0.39, 0.29) is 11.9 Å². The molecular weight excluding hydrogens is 1680 g/mol. The standard InChI is InChI=1S/C119H234O8P2S2/c1-7-11-15-19-23-27-31-35-43-51-59-67-75-83-91-107-122-117(120)97-89-81-73-65-57-49-41-39-47-55-63-71-79-87-95-111-130-128(124-109-93-85-77-69-61-53-45-37-33-29-25-21-17-13-9-3)126-115-103-99-113(100-104-115)119(5,6)114-101-105-116(106-102-114)127-129(125-110-94-86-78-70-62-54-46-38-34-30-26-22-18-14-10-4)131-112-96-88-80-72-64-56-48-40-42-50-58-66-74-82-90-98-118(121)123-108-92-84-76-68-60-52-44-36-32-28-24-20-16-12-8-2/h113-116H,7-112H2,1-6H3. The van der Waals surface area contributed by atoms with Crippen LogP contribution in [0.25, 0.3) is 0 Å². The first-order valence-electron chi connectivity index (χ1n) is 60.5. The van der Waals surface area contributed by atoms with Gasteiger partial charge >= 0.3 is 11.9 Å². The van der Waals surface area contributed by atoms with Crippen LogP contribution in [-0.2, 0) is 37.2 Å². The summed E-state index contributed by atoms with van der Waals surface area (Å²) in [6, 6.07) is 0. The lowest BCUT2D eigenvalue weighted by Gasteiger charge is -2.46. The molecule has 780 valence electrons. The van der Waals surface area contributed by atoms with Gasteiger partial charge in [0.25, 0.3) is 0 Å². The molecule has 0 N–H and O–H groups in total. The molecule has 2 atom stereocenters. The quantitative estimate of drug-likeness (QED) is 0.0333. The fourth-order valence-electron chi connectivity index (χ4n) is 20.9. The highest BCUT2D eigenvalue weighted by atomic mass is 32.7. The molecule has 0 aliphatic heterocycles. The summed E-state index contributed by atoms with van der Waals surface area (Å²) in [5, 5.41) is 0. The molecule has 0 saturated heterocycles. The van der Waals surface area contributed by atoms with E-state index in [9.17, 15) is 9.59 Å². The van der Waals surface area contributed by atoms with Gasteiger partial charge in [0.15, 0.2) is 0 Å². The van der Waals surface area contributed by atoms with Crippen LogP contribution in [-0.4, -0.2) is 62.1 Å². The SMILES string of the molecule is CCCCCCCCCCCCCCCCCOC(=O)CCCCCCCCCCCCCCCCCSP(OCCCCCCCCCCCCCCCCC)OC1CCC(C(C)(C)C2CCC(OP(OCCCCCCCCCCCCCCCCC)SCCCCCCCCCCCCCCCCCC(=O)OCCCCCCCCCCCCCCCCC)CC2)CC1. The summed E-state index contributed by atoms with van der Waals surface area (Å²) in [7, 11) is -1.82. The zero-order valence-corrected chi connectivity index (χ0v) is 93.2. The number of hydrogen-bond acceptors (Lipinski definition) is 10. The number of esters is 2. The zero-order valence-electron chi connectivity index (χ0n) is 89.7. The van der Waals surface area contributed by atoms with Crippen molar-refractivity contribution in [2.45, 2.75) is 696 Å². The molecule has 0 amide bonds. The molecule has 2 saturated carbocycles. The zero-order chi connectivity index (χ0) is 93.7. The molecule has 2 rings (SSSR count). The normalized spacial score (nSPS) is 16.0. The van der Waals surface area contributed by atoms with Gasteiger partial charge in [0.2, 0.25) is 15.2 Å². The van der Waals surface area contributed by atoms with Gasteiger partial charge in [-0.2, -0.15) is 0 Å². The van der Waals surface area contributed by atoms with Gasteiger partial charge in [-0.15, -0.1) is 0 Å². The molecule has 0 heterocycles. The Labute approximate surface area is 832 Å². The summed E-state index contributed by atoms with van der Waals surface area (Å²) >= 11 is 4.07. The number of carbonyl (C=O) groups excluding carboxylic acids is 2. The number of ether oxygens (including phenoxy) is 2. The average Bonchev–Trinajstić information content (AvgIpc) is 0.801. The van der Waals surface area contributed by atoms with E-state index in [1.54, 1.807) is 0 Å². The third kappa shape index (κ3) is 90.1. The topological polar surface area (TPSA) is 89.5 Å². The number of hydrogen-bond donors (Lipinski definition) is 0. The highest BCUT2D eigenvalue weighted by Gasteiger charge is 2.42. The predicted octanol–water partition coefficient (Wildman–Crippen LogP) is 44.2. The van der Waals surface area contributed by atoms with Gasteiger partial charge in [-0.25, -0.2) is 0 Å². The molecular formula is C119H234O8P2S2. The minimum atomic E-state index is -0.911. The molecule has 2 aliphatic rings. The summed E-state index contributed by atoms with van der Waals surface area (Å²) < 4.78 is 38.9. The first-order chi connectivity index (χ1) is 64.7. The molecule has 2 unspecified atom stereocenters. The fraction of sp³-hybridized carbons (Fsp3) is 0.983. The molecule has 0 aromatic heterocycles. The van der Waals surface area contributed by atoms with Gasteiger partial charge < -0.3 is 27.6 Å². The van der Waals surface area contributed by atoms with Gasteiger partial charge in [-0.3, -0.25) is 9.59 Å². The maximum Gasteiger partial charge on any atom is 0.305 e. The maximum atomic E-state index is 12.3. The van der Waals surface area contributed by atoms with Crippen LogP contribution in [0.3, 0.4) is 0 Å². The minimum absolute atomic E-state index is 0.0269. The summed E-state index contributed by atoms with van der Waals surface area (Å²) in [6.07, 6.45) is 134. The van der Waals surface area contributed by atoms with E-state index in [4.69, 9.17) is 27.6 Å². The van der Waals surface area contributed by atoms with Crippen molar-refractivity contribution in [2.24, 2.45) is 17.3 Å². The smallest absolute Gasteiger partial charge is 0.305 e. The monoisotopic (exact) mass is 1920 g/mol. The van der Waals surface area contributed by atoms with Crippen molar-refractivity contribution in [1.29, 1.82) is 0 Å². The van der Waals surface area contributed by atoms with Crippen molar-refractivity contribution >= 4 is 49.9 Å². The molecule has 0 spiro atoms. The van der Waals surface area contributed by atoms with Crippen LogP contribution >= 0.6 is 37.9 Å². The molecule has 0 radical (unpaired) electrons. The minimum Gasteiger partial charge on any atom is -0.466 e. The lowest BCUT2D eigenvalue weighted by molar-refractivity contribution is -0.144. The van der Waals surface area contributed by atoms with Crippen molar-refractivity contribution in [3.63, 3.8) is 0 Å². The summed E-state index contributed by atoms with van der Waals surface area (Å²) in [6.45, 7) is 17.5. The lowest BCUT2D eigenvalue weighted by Crippen LogP contribution is -2.38. The van der Waals surface area contributed by atoms with E-state index >= 15 is 0 Å². The molecule has 2 aliphatic carbocycles. The van der Waals surface area contributed by atoms with E-state index in [0.717, 1.165) is 50.7 Å². The van der Waals surface area contributed by atoms with Gasteiger partial charge in [0, 0.05) is 24.3 Å². The maximum absolute atomic E-state index is 12.3. The molecule has 0 aromatic rings. The van der Waals surface area contributed by atoms with Crippen molar-refractivity contribution in [3.05, 3.63) is 0 Å². The Balaban J connectivity index is 1.69. The van der Waals surface area contributed by atoms with Crippen molar-refractivity contribution < 1.29 is 37.2 Å². The van der Waals surface area contributed by atoms with E-state index in [0.29, 0.717) is 43.7 Å². The van der Waals surface area contributed by atoms with Gasteiger partial charge in [0.1, 0.15) is 0 Å². The van der Waals surface area contributed by atoms with Crippen molar-refractivity contribution in [2.75, 3.05) is 37.9 Å². The summed E-state index contributed by atoms with van der Waals surface area (Å²) in [4.78, 5) is 24.6. The van der Waals surface area contributed by atoms with Gasteiger partial charge in [-0.1, -0.05) is 591 Å². The van der Waals surface area contributed by atoms with Crippen LogP contribution in [0, 0.1) is 17.3 Å². The summed E-state index contributed by atoms with van der Waals surface area (Å²) in [5.41, 5.74) is 0.336. The Kier molecular flexibility index (Phi) is 102. The molecule has 0 aromatic carbocycles. The third-order valence-electron chi connectivity index (χ3n) is 30.3. The molecule has 8 nitrogen and oxygen atoms in total. The second-order valence-electron chi connectivity index (χ2n) is 43.1. The van der Waals surface area contributed by atoms with E-state index in [1.165, 1.54) is 615 Å². The van der Waals surface area contributed by atoms with Crippen molar-refractivity contribution in [3.8, 4) is 0 Å². The first kappa shape index (κ1) is 127. The largest absolute Gasteiger partial charge is 0.466 e. The Morgan fingerprint density at radius 1 is 0.214 bits per heavy atom.